The van der Waals surface area contributed by atoms with Crippen LogP contribution in [0.1, 0.15) is 38.5 Å². The standard InChI is InChI=1S/C12H22N2/c13-9-12(5-6-12)14(7-10-1-2-10)8-11-3-4-11/h10-11H,1-9,13H2. The van der Waals surface area contributed by atoms with Crippen LogP contribution in [-0.2, 0) is 0 Å². The average Bonchev–Trinajstić information content (AvgIpc) is 3.00. The highest BCUT2D eigenvalue weighted by molar-refractivity contribution is 5.06. The van der Waals surface area contributed by atoms with Crippen LogP contribution < -0.4 is 5.73 Å². The van der Waals surface area contributed by atoms with Gasteiger partial charge in [0.2, 0.25) is 0 Å². The Balaban J connectivity index is 1.60. The van der Waals surface area contributed by atoms with Crippen LogP contribution in [0.15, 0.2) is 0 Å². The lowest BCUT2D eigenvalue weighted by Gasteiger charge is -2.31. The Bertz CT molecular complexity index is 200. The quantitative estimate of drug-likeness (QED) is 0.696. The van der Waals surface area contributed by atoms with E-state index in [1.54, 1.807) is 0 Å². The molecule has 2 nitrogen and oxygen atoms in total. The SMILES string of the molecule is NCC1(N(CC2CC2)CC2CC2)CC1. The highest BCUT2D eigenvalue weighted by atomic mass is 15.2. The summed E-state index contributed by atoms with van der Waals surface area (Å²) in [6, 6.07) is 0. The molecule has 0 unspecified atom stereocenters. The van der Waals surface area contributed by atoms with Gasteiger partial charge in [0.1, 0.15) is 0 Å². The lowest BCUT2D eigenvalue weighted by atomic mass is 10.2. The first-order valence-electron chi connectivity index (χ1n) is 6.27. The zero-order valence-corrected chi connectivity index (χ0v) is 9.04. The third kappa shape index (κ3) is 1.82. The zero-order valence-electron chi connectivity index (χ0n) is 9.04. The summed E-state index contributed by atoms with van der Waals surface area (Å²) in [6.07, 6.45) is 8.62. The van der Waals surface area contributed by atoms with Gasteiger partial charge in [0.15, 0.2) is 0 Å². The first kappa shape index (κ1) is 9.17. The predicted octanol–water partition coefficient (Wildman–Crippen LogP) is 1.60. The van der Waals surface area contributed by atoms with E-state index in [9.17, 15) is 0 Å². The molecule has 2 heteroatoms. The summed E-state index contributed by atoms with van der Waals surface area (Å²) in [5, 5.41) is 0. The Morgan fingerprint density at radius 1 is 1.00 bits per heavy atom. The predicted molar refractivity (Wildman–Crippen MR) is 58.0 cm³/mol. The molecule has 0 aromatic rings. The fourth-order valence-corrected chi connectivity index (χ4v) is 2.48. The van der Waals surface area contributed by atoms with Gasteiger partial charge in [-0.3, -0.25) is 4.90 Å². The van der Waals surface area contributed by atoms with E-state index in [0.29, 0.717) is 5.54 Å². The van der Waals surface area contributed by atoms with Crippen LogP contribution in [0.2, 0.25) is 0 Å². The summed E-state index contributed by atoms with van der Waals surface area (Å²) in [7, 11) is 0. The maximum absolute atomic E-state index is 5.92. The summed E-state index contributed by atoms with van der Waals surface area (Å²) < 4.78 is 0. The van der Waals surface area contributed by atoms with E-state index in [-0.39, 0.29) is 0 Å². The van der Waals surface area contributed by atoms with Gasteiger partial charge < -0.3 is 5.73 Å². The van der Waals surface area contributed by atoms with Crippen molar-refractivity contribution in [2.24, 2.45) is 17.6 Å². The van der Waals surface area contributed by atoms with Crippen molar-refractivity contribution in [2.45, 2.75) is 44.1 Å². The molecule has 2 N–H and O–H groups in total. The van der Waals surface area contributed by atoms with Crippen LogP contribution in [0.4, 0.5) is 0 Å². The fourth-order valence-electron chi connectivity index (χ4n) is 2.48. The molecule has 0 bridgehead atoms. The van der Waals surface area contributed by atoms with Gasteiger partial charge >= 0.3 is 0 Å². The molecule has 0 aliphatic heterocycles. The van der Waals surface area contributed by atoms with Crippen LogP contribution in [-0.4, -0.2) is 30.1 Å². The molecule has 14 heavy (non-hydrogen) atoms. The molecule has 0 amide bonds. The maximum atomic E-state index is 5.92. The van der Waals surface area contributed by atoms with Crippen molar-refractivity contribution in [1.82, 2.24) is 4.90 Å². The molecular weight excluding hydrogens is 172 g/mol. The molecule has 0 aromatic carbocycles. The lowest BCUT2D eigenvalue weighted by Crippen LogP contribution is -2.45. The van der Waals surface area contributed by atoms with Crippen LogP contribution in [0.25, 0.3) is 0 Å². The number of hydrogen-bond donors (Lipinski definition) is 1. The molecule has 3 aliphatic carbocycles. The summed E-state index contributed by atoms with van der Waals surface area (Å²) in [4.78, 5) is 2.75. The van der Waals surface area contributed by atoms with Crippen LogP contribution in [0.3, 0.4) is 0 Å². The number of hydrogen-bond acceptors (Lipinski definition) is 2. The monoisotopic (exact) mass is 194 g/mol. The summed E-state index contributed by atoms with van der Waals surface area (Å²) in [5.41, 5.74) is 6.38. The lowest BCUT2D eigenvalue weighted by molar-refractivity contribution is 0.166. The van der Waals surface area contributed by atoms with Crippen molar-refractivity contribution in [3.05, 3.63) is 0 Å². The first-order chi connectivity index (χ1) is 6.82. The molecule has 0 aromatic heterocycles. The Morgan fingerprint density at radius 2 is 1.50 bits per heavy atom. The van der Waals surface area contributed by atoms with E-state index in [1.165, 1.54) is 51.6 Å². The minimum Gasteiger partial charge on any atom is -0.329 e. The number of nitrogens with zero attached hydrogens (tertiary/aromatic N) is 1. The average molecular weight is 194 g/mol. The molecule has 0 radical (unpaired) electrons. The minimum atomic E-state index is 0.463. The van der Waals surface area contributed by atoms with Gasteiger partial charge in [0.25, 0.3) is 0 Å². The van der Waals surface area contributed by atoms with E-state index in [0.717, 1.165) is 18.4 Å². The molecule has 3 rings (SSSR count). The van der Waals surface area contributed by atoms with Gasteiger partial charge in [-0.1, -0.05) is 0 Å². The largest absolute Gasteiger partial charge is 0.329 e. The van der Waals surface area contributed by atoms with Crippen LogP contribution in [0, 0.1) is 11.8 Å². The molecule has 0 heterocycles. The second kappa shape index (κ2) is 3.21. The van der Waals surface area contributed by atoms with Crippen molar-refractivity contribution >= 4 is 0 Å². The highest BCUT2D eigenvalue weighted by Gasteiger charge is 2.48. The van der Waals surface area contributed by atoms with Crippen molar-refractivity contribution in [3.8, 4) is 0 Å². The summed E-state index contributed by atoms with van der Waals surface area (Å²) >= 11 is 0. The Labute approximate surface area is 86.8 Å². The molecule has 3 saturated carbocycles. The molecule has 80 valence electrons. The Kier molecular flexibility index (Phi) is 2.10. The summed E-state index contributed by atoms with van der Waals surface area (Å²) in [6.45, 7) is 3.60. The molecule has 3 fully saturated rings. The molecule has 0 saturated heterocycles. The van der Waals surface area contributed by atoms with E-state index < -0.39 is 0 Å². The second-order valence-corrected chi connectivity index (χ2v) is 5.72. The normalized spacial score (nSPS) is 29.6. The smallest absolute Gasteiger partial charge is 0.0333 e. The van der Waals surface area contributed by atoms with Crippen molar-refractivity contribution < 1.29 is 0 Å². The number of rotatable bonds is 6. The molecule has 0 spiro atoms. The third-order valence-corrected chi connectivity index (χ3v) is 4.23. The third-order valence-electron chi connectivity index (χ3n) is 4.23. The fraction of sp³-hybridized carbons (Fsp3) is 1.00. The molecular formula is C12H22N2. The van der Waals surface area contributed by atoms with E-state index in [2.05, 4.69) is 4.90 Å². The van der Waals surface area contributed by atoms with Gasteiger partial charge in [0.05, 0.1) is 0 Å². The van der Waals surface area contributed by atoms with E-state index in [4.69, 9.17) is 5.73 Å². The maximum Gasteiger partial charge on any atom is 0.0333 e. The van der Waals surface area contributed by atoms with Crippen molar-refractivity contribution in [2.75, 3.05) is 19.6 Å². The van der Waals surface area contributed by atoms with Gasteiger partial charge in [0, 0.05) is 25.2 Å². The van der Waals surface area contributed by atoms with Gasteiger partial charge in [-0.05, 0) is 50.4 Å². The molecule has 3 aliphatic rings. The van der Waals surface area contributed by atoms with E-state index >= 15 is 0 Å². The van der Waals surface area contributed by atoms with Gasteiger partial charge in [-0.2, -0.15) is 0 Å². The van der Waals surface area contributed by atoms with Crippen LogP contribution >= 0.6 is 0 Å². The zero-order chi connectivity index (χ0) is 9.60. The first-order valence-corrected chi connectivity index (χ1v) is 6.27. The Hall–Kier alpha value is -0.0800. The Morgan fingerprint density at radius 3 is 1.79 bits per heavy atom. The summed E-state index contributed by atoms with van der Waals surface area (Å²) in [5.74, 6) is 2.05. The van der Waals surface area contributed by atoms with Crippen molar-refractivity contribution in [1.29, 1.82) is 0 Å². The molecule has 0 atom stereocenters. The van der Waals surface area contributed by atoms with E-state index in [1.807, 2.05) is 0 Å². The van der Waals surface area contributed by atoms with Gasteiger partial charge in [-0.25, -0.2) is 0 Å². The van der Waals surface area contributed by atoms with Crippen molar-refractivity contribution in [3.63, 3.8) is 0 Å². The van der Waals surface area contributed by atoms with Crippen LogP contribution in [0.5, 0.6) is 0 Å². The highest BCUT2D eigenvalue weighted by Crippen LogP contribution is 2.45. The topological polar surface area (TPSA) is 29.3 Å². The second-order valence-electron chi connectivity index (χ2n) is 5.72. The van der Waals surface area contributed by atoms with Gasteiger partial charge in [-0.15, -0.1) is 0 Å². The number of nitrogens with two attached hydrogens (primary N) is 1. The minimum absolute atomic E-state index is 0.463.